The molecule has 0 aliphatic carbocycles. The van der Waals surface area contributed by atoms with Crippen molar-refractivity contribution in [1.82, 2.24) is 10.3 Å². The molecule has 1 aromatic heterocycles. The number of aromatic nitrogens is 1. The molecule has 0 spiro atoms. The van der Waals surface area contributed by atoms with Crippen LogP contribution in [0.25, 0.3) is 0 Å². The van der Waals surface area contributed by atoms with Gasteiger partial charge in [-0.15, -0.1) is 0 Å². The number of hydrogen-bond donors (Lipinski definition) is 2. The lowest BCUT2D eigenvalue weighted by Gasteiger charge is -2.11. The van der Waals surface area contributed by atoms with Crippen molar-refractivity contribution in [3.05, 3.63) is 78.0 Å². The van der Waals surface area contributed by atoms with Crippen LogP contribution in [0.2, 0.25) is 0 Å². The molecule has 1 aliphatic heterocycles. The van der Waals surface area contributed by atoms with Gasteiger partial charge in [-0.3, -0.25) is 9.52 Å². The average molecular weight is 468 g/mol. The van der Waals surface area contributed by atoms with E-state index in [1.165, 1.54) is 6.20 Å². The van der Waals surface area contributed by atoms with Gasteiger partial charge in [-0.05, 0) is 61.7 Å². The molecule has 1 fully saturated rings. The van der Waals surface area contributed by atoms with Crippen LogP contribution < -0.4 is 14.8 Å². The highest BCUT2D eigenvalue weighted by Crippen LogP contribution is 2.24. The van der Waals surface area contributed by atoms with Gasteiger partial charge in [-0.2, -0.15) is 0 Å². The largest absolute Gasteiger partial charge is 0.439 e. The summed E-state index contributed by atoms with van der Waals surface area (Å²) in [4.78, 5) is 16.7. The van der Waals surface area contributed by atoms with Crippen molar-refractivity contribution in [2.45, 2.75) is 30.8 Å². The number of amides is 1. The van der Waals surface area contributed by atoms with Crippen LogP contribution >= 0.6 is 0 Å². The van der Waals surface area contributed by atoms with E-state index in [0.29, 0.717) is 35.0 Å². The summed E-state index contributed by atoms with van der Waals surface area (Å²) in [6, 6.07) is 16.5. The van der Waals surface area contributed by atoms with Crippen molar-refractivity contribution in [3.63, 3.8) is 0 Å². The van der Waals surface area contributed by atoms with Gasteiger partial charge < -0.3 is 14.8 Å². The number of pyridine rings is 1. The molecule has 0 unspecified atom stereocenters. The van der Waals surface area contributed by atoms with Crippen LogP contribution in [0.1, 0.15) is 28.8 Å². The molecule has 2 N–H and O–H groups in total. The summed E-state index contributed by atoms with van der Waals surface area (Å²) >= 11 is 0. The fraction of sp³-hybridized carbons (Fsp3) is 0.250. The number of sulfonamides is 1. The lowest BCUT2D eigenvalue weighted by molar-refractivity contribution is 0.0857. The van der Waals surface area contributed by atoms with E-state index in [1.54, 1.807) is 67.6 Å². The lowest BCUT2D eigenvalue weighted by Crippen LogP contribution is -2.31. The second kappa shape index (κ2) is 10.0. The summed E-state index contributed by atoms with van der Waals surface area (Å²) in [6.45, 7) is 2.97. The quantitative estimate of drug-likeness (QED) is 0.521. The van der Waals surface area contributed by atoms with Gasteiger partial charge in [0.05, 0.1) is 16.6 Å². The fourth-order valence-electron chi connectivity index (χ4n) is 3.47. The molecule has 4 rings (SSSR count). The second-order valence-electron chi connectivity index (χ2n) is 7.73. The van der Waals surface area contributed by atoms with Gasteiger partial charge in [-0.25, -0.2) is 13.4 Å². The number of carbonyl (C=O) groups is 1. The second-order valence-corrected chi connectivity index (χ2v) is 9.38. The van der Waals surface area contributed by atoms with Gasteiger partial charge in [0.2, 0.25) is 5.88 Å². The molecule has 1 saturated heterocycles. The minimum absolute atomic E-state index is 0.0775. The highest BCUT2D eigenvalue weighted by molar-refractivity contribution is 7.92. The molecule has 8 nitrogen and oxygen atoms in total. The average Bonchev–Trinajstić information content (AvgIpc) is 3.33. The lowest BCUT2D eigenvalue weighted by atomic mass is 10.2. The first kappa shape index (κ1) is 22.8. The number of aryl methyl sites for hydroxylation is 1. The normalized spacial score (nSPS) is 15.7. The summed E-state index contributed by atoms with van der Waals surface area (Å²) < 4.78 is 39.0. The van der Waals surface area contributed by atoms with E-state index in [-0.39, 0.29) is 16.9 Å². The van der Waals surface area contributed by atoms with Gasteiger partial charge in [-0.1, -0.05) is 18.2 Å². The summed E-state index contributed by atoms with van der Waals surface area (Å²) in [6.07, 6.45) is 3.50. The number of nitrogens with zero attached hydrogens (tertiary/aromatic N) is 1. The number of nitrogens with one attached hydrogen (secondary N) is 2. The van der Waals surface area contributed by atoms with E-state index in [4.69, 9.17) is 9.47 Å². The van der Waals surface area contributed by atoms with Crippen LogP contribution in [0.3, 0.4) is 0 Å². The van der Waals surface area contributed by atoms with Crippen LogP contribution in [0.5, 0.6) is 11.6 Å². The van der Waals surface area contributed by atoms with Crippen LogP contribution in [0.15, 0.2) is 71.8 Å². The zero-order valence-corrected chi connectivity index (χ0v) is 19.0. The zero-order chi connectivity index (χ0) is 23.3. The van der Waals surface area contributed by atoms with E-state index in [2.05, 4.69) is 15.0 Å². The summed E-state index contributed by atoms with van der Waals surface area (Å²) in [7, 11) is -3.69. The molecule has 0 saturated carbocycles. The Kier molecular flexibility index (Phi) is 6.90. The Morgan fingerprint density at radius 2 is 1.91 bits per heavy atom. The molecule has 1 aliphatic rings. The highest BCUT2D eigenvalue weighted by Gasteiger charge is 2.18. The van der Waals surface area contributed by atoms with Crippen LogP contribution in [-0.4, -0.2) is 38.6 Å². The Balaban J connectivity index is 1.34. The third-order valence-electron chi connectivity index (χ3n) is 5.22. The number of benzene rings is 2. The van der Waals surface area contributed by atoms with Crippen molar-refractivity contribution < 1.29 is 22.7 Å². The molecule has 33 heavy (non-hydrogen) atoms. The molecule has 172 valence electrons. The van der Waals surface area contributed by atoms with E-state index in [9.17, 15) is 13.2 Å². The molecule has 2 aromatic carbocycles. The Hall–Kier alpha value is -3.43. The van der Waals surface area contributed by atoms with E-state index in [1.807, 2.05) is 0 Å². The first-order chi connectivity index (χ1) is 15.9. The van der Waals surface area contributed by atoms with Crippen LogP contribution in [-0.2, 0) is 14.8 Å². The standard InChI is InChI=1S/C24H25N3O5S/c1-17-5-2-3-7-22(17)33(29,30)27-19-9-11-20(12-10-19)32-23-13-8-18(15-25-23)24(28)26-16-21-6-4-14-31-21/h2-3,5,7-13,15,21,27H,4,6,14,16H2,1H3,(H,26,28)/t21-/m0/s1. The smallest absolute Gasteiger partial charge is 0.262 e. The van der Waals surface area contributed by atoms with Crippen molar-refractivity contribution in [2.75, 3.05) is 17.9 Å². The maximum absolute atomic E-state index is 12.6. The number of anilines is 1. The van der Waals surface area contributed by atoms with Gasteiger partial charge in [0, 0.05) is 31.1 Å². The Bertz CT molecular complexity index is 1210. The third kappa shape index (κ3) is 5.88. The summed E-state index contributed by atoms with van der Waals surface area (Å²) in [5.41, 5.74) is 1.51. The summed E-state index contributed by atoms with van der Waals surface area (Å²) in [5, 5.41) is 2.85. The highest BCUT2D eigenvalue weighted by atomic mass is 32.2. The fourth-order valence-corrected chi connectivity index (χ4v) is 4.77. The van der Waals surface area contributed by atoms with Crippen LogP contribution in [0.4, 0.5) is 5.69 Å². The van der Waals surface area contributed by atoms with E-state index < -0.39 is 10.0 Å². The Labute approximate surface area is 193 Å². The minimum Gasteiger partial charge on any atom is -0.439 e. The third-order valence-corrected chi connectivity index (χ3v) is 6.77. The van der Waals surface area contributed by atoms with Crippen molar-refractivity contribution in [1.29, 1.82) is 0 Å². The number of ether oxygens (including phenoxy) is 2. The molecular formula is C24H25N3O5S. The molecule has 0 radical (unpaired) electrons. The molecule has 2 heterocycles. The van der Waals surface area contributed by atoms with Gasteiger partial charge in [0.25, 0.3) is 15.9 Å². The maximum atomic E-state index is 12.6. The number of carbonyl (C=O) groups excluding carboxylic acids is 1. The molecule has 1 atom stereocenters. The predicted octanol–water partition coefficient (Wildman–Crippen LogP) is 3.89. The zero-order valence-electron chi connectivity index (χ0n) is 18.2. The van der Waals surface area contributed by atoms with Gasteiger partial charge >= 0.3 is 0 Å². The SMILES string of the molecule is Cc1ccccc1S(=O)(=O)Nc1ccc(Oc2ccc(C(=O)NC[C@@H]3CCCO3)cn2)cc1. The maximum Gasteiger partial charge on any atom is 0.262 e. The Morgan fingerprint density at radius 3 is 2.58 bits per heavy atom. The topological polar surface area (TPSA) is 107 Å². The first-order valence-electron chi connectivity index (χ1n) is 10.6. The van der Waals surface area contributed by atoms with Crippen molar-refractivity contribution in [2.24, 2.45) is 0 Å². The molecule has 9 heteroatoms. The first-order valence-corrected chi connectivity index (χ1v) is 12.1. The molecule has 1 amide bonds. The minimum atomic E-state index is -3.69. The number of rotatable bonds is 8. The van der Waals surface area contributed by atoms with E-state index in [0.717, 1.165) is 19.4 Å². The van der Waals surface area contributed by atoms with Gasteiger partial charge in [0.1, 0.15) is 5.75 Å². The Morgan fingerprint density at radius 1 is 1.12 bits per heavy atom. The monoisotopic (exact) mass is 467 g/mol. The number of hydrogen-bond acceptors (Lipinski definition) is 6. The van der Waals surface area contributed by atoms with E-state index >= 15 is 0 Å². The molecule has 0 bridgehead atoms. The predicted molar refractivity (Wildman–Crippen MR) is 124 cm³/mol. The van der Waals surface area contributed by atoms with Crippen LogP contribution in [0, 0.1) is 6.92 Å². The molecular weight excluding hydrogens is 442 g/mol. The summed E-state index contributed by atoms with van der Waals surface area (Å²) in [5.74, 6) is 0.589. The van der Waals surface area contributed by atoms with Gasteiger partial charge in [0.15, 0.2) is 0 Å². The molecule has 3 aromatic rings. The van der Waals surface area contributed by atoms with Crippen molar-refractivity contribution >= 4 is 21.6 Å². The van der Waals surface area contributed by atoms with Crippen molar-refractivity contribution in [3.8, 4) is 11.6 Å².